The Hall–Kier alpha value is -2.24. The molecule has 0 aromatic carbocycles. The fraction of sp³-hybridized carbons (Fsp3) is 0.556. The third kappa shape index (κ3) is 3.99. The molecule has 0 spiro atoms. The molecule has 1 fully saturated rings. The van der Waals surface area contributed by atoms with Crippen LogP contribution in [0.15, 0.2) is 24.4 Å². The monoisotopic (exact) mass is 327 g/mol. The number of aryl methyl sites for hydroxylation is 1. The van der Waals surface area contributed by atoms with Crippen molar-refractivity contribution in [3.05, 3.63) is 35.9 Å². The van der Waals surface area contributed by atoms with Crippen molar-refractivity contribution in [2.24, 2.45) is 5.92 Å². The predicted molar refractivity (Wildman–Crippen MR) is 93.3 cm³/mol. The summed E-state index contributed by atoms with van der Waals surface area (Å²) in [5.74, 6) is 2.88. The highest BCUT2D eigenvalue weighted by atomic mass is 16.5. The first-order valence-electron chi connectivity index (χ1n) is 8.43. The molecule has 1 unspecified atom stereocenters. The van der Waals surface area contributed by atoms with Gasteiger partial charge in [0.25, 0.3) is 0 Å². The lowest BCUT2D eigenvalue weighted by Gasteiger charge is -2.18. The van der Waals surface area contributed by atoms with E-state index < -0.39 is 0 Å². The van der Waals surface area contributed by atoms with Crippen LogP contribution in [0.5, 0.6) is 5.88 Å². The van der Waals surface area contributed by atoms with Gasteiger partial charge in [-0.05, 0) is 25.5 Å². The topological polar surface area (TPSA) is 64.0 Å². The van der Waals surface area contributed by atoms with Gasteiger partial charge in [-0.3, -0.25) is 0 Å². The highest BCUT2D eigenvalue weighted by molar-refractivity contribution is 5.38. The molecule has 2 aromatic rings. The molecule has 1 aliphatic rings. The third-order valence-corrected chi connectivity index (χ3v) is 4.25. The second kappa shape index (κ2) is 6.71. The van der Waals surface area contributed by atoms with Crippen molar-refractivity contribution in [3.63, 3.8) is 0 Å². The lowest BCUT2D eigenvalue weighted by molar-refractivity contribution is 0.249. The van der Waals surface area contributed by atoms with Gasteiger partial charge in [0.2, 0.25) is 5.88 Å². The lowest BCUT2D eigenvalue weighted by Crippen LogP contribution is -2.23. The number of rotatable bonds is 4. The highest BCUT2D eigenvalue weighted by Gasteiger charge is 2.24. The number of hydrogen-bond donors (Lipinski definition) is 0. The summed E-state index contributed by atoms with van der Waals surface area (Å²) in [5, 5.41) is 8.45. The Morgan fingerprint density at radius 1 is 1.21 bits per heavy atom. The molecule has 6 heteroatoms. The van der Waals surface area contributed by atoms with Crippen molar-refractivity contribution < 1.29 is 4.74 Å². The molecule has 0 radical (unpaired) electrons. The van der Waals surface area contributed by atoms with Crippen LogP contribution >= 0.6 is 0 Å². The lowest BCUT2D eigenvalue weighted by atomic mass is 9.92. The van der Waals surface area contributed by atoms with Gasteiger partial charge in [-0.15, -0.1) is 5.10 Å². The third-order valence-electron chi connectivity index (χ3n) is 4.25. The van der Waals surface area contributed by atoms with Crippen molar-refractivity contribution in [1.82, 2.24) is 20.2 Å². The van der Waals surface area contributed by atoms with Gasteiger partial charge >= 0.3 is 0 Å². The zero-order valence-electron chi connectivity index (χ0n) is 14.9. The number of ether oxygens (including phenoxy) is 1. The second-order valence-electron chi connectivity index (χ2n) is 7.38. The molecule has 6 nitrogen and oxygen atoms in total. The first-order chi connectivity index (χ1) is 11.4. The van der Waals surface area contributed by atoms with Gasteiger partial charge in [0, 0.05) is 36.7 Å². The molecule has 3 heterocycles. The van der Waals surface area contributed by atoms with E-state index in [-0.39, 0.29) is 5.41 Å². The van der Waals surface area contributed by atoms with Crippen LogP contribution in [0.4, 0.5) is 5.82 Å². The van der Waals surface area contributed by atoms with Crippen LogP contribution in [0.3, 0.4) is 0 Å². The van der Waals surface area contributed by atoms with Gasteiger partial charge in [-0.1, -0.05) is 20.8 Å². The first-order valence-corrected chi connectivity index (χ1v) is 8.43. The average Bonchev–Trinajstić information content (AvgIpc) is 3.01. The van der Waals surface area contributed by atoms with Crippen LogP contribution in [-0.4, -0.2) is 39.9 Å². The van der Waals surface area contributed by atoms with E-state index in [0.717, 1.165) is 36.8 Å². The fourth-order valence-electron chi connectivity index (χ4n) is 2.80. The van der Waals surface area contributed by atoms with Crippen molar-refractivity contribution in [2.45, 2.75) is 39.5 Å². The van der Waals surface area contributed by atoms with Gasteiger partial charge in [-0.2, -0.15) is 5.10 Å². The predicted octanol–water partition coefficient (Wildman–Crippen LogP) is 2.78. The number of anilines is 1. The number of hydrogen-bond acceptors (Lipinski definition) is 6. The Bertz CT molecular complexity index is 681. The Balaban J connectivity index is 1.53. The van der Waals surface area contributed by atoms with Crippen LogP contribution in [0.2, 0.25) is 0 Å². The van der Waals surface area contributed by atoms with E-state index in [1.165, 1.54) is 0 Å². The van der Waals surface area contributed by atoms with Crippen molar-refractivity contribution in [1.29, 1.82) is 0 Å². The Morgan fingerprint density at radius 2 is 2.04 bits per heavy atom. The molecule has 0 N–H and O–H groups in total. The maximum atomic E-state index is 5.83. The van der Waals surface area contributed by atoms with E-state index in [9.17, 15) is 0 Å². The average molecular weight is 327 g/mol. The maximum absolute atomic E-state index is 5.83. The molecule has 1 saturated heterocycles. The minimum atomic E-state index is 0.00710. The van der Waals surface area contributed by atoms with Crippen LogP contribution in [-0.2, 0) is 5.41 Å². The van der Waals surface area contributed by atoms with E-state index >= 15 is 0 Å². The molecule has 0 bridgehead atoms. The molecule has 0 amide bonds. The van der Waals surface area contributed by atoms with E-state index in [1.807, 2.05) is 31.3 Å². The number of aromatic nitrogens is 4. The molecule has 0 saturated carbocycles. The molecule has 0 aliphatic carbocycles. The smallest absolute Gasteiger partial charge is 0.233 e. The van der Waals surface area contributed by atoms with Crippen LogP contribution in [0.25, 0.3) is 0 Å². The maximum Gasteiger partial charge on any atom is 0.233 e. The van der Waals surface area contributed by atoms with Gasteiger partial charge in [0.15, 0.2) is 0 Å². The van der Waals surface area contributed by atoms with E-state index in [1.54, 1.807) is 0 Å². The molecule has 128 valence electrons. The van der Waals surface area contributed by atoms with Crippen LogP contribution in [0, 0.1) is 12.8 Å². The molecule has 24 heavy (non-hydrogen) atoms. The van der Waals surface area contributed by atoms with Gasteiger partial charge in [0.1, 0.15) is 11.6 Å². The summed E-state index contributed by atoms with van der Waals surface area (Å²) in [6.45, 7) is 10.9. The van der Waals surface area contributed by atoms with Gasteiger partial charge < -0.3 is 9.64 Å². The summed E-state index contributed by atoms with van der Waals surface area (Å²) in [6.07, 6.45) is 2.91. The first kappa shape index (κ1) is 16.6. The summed E-state index contributed by atoms with van der Waals surface area (Å²) < 4.78 is 5.83. The van der Waals surface area contributed by atoms with Crippen molar-refractivity contribution in [2.75, 3.05) is 24.6 Å². The van der Waals surface area contributed by atoms with Crippen LogP contribution < -0.4 is 9.64 Å². The largest absolute Gasteiger partial charge is 0.476 e. The SMILES string of the molecule is Cc1nccc(N2CCC(COc3ccc(C(C)(C)C)nn3)C2)n1. The van der Waals surface area contributed by atoms with Gasteiger partial charge in [0.05, 0.1) is 12.3 Å². The van der Waals surface area contributed by atoms with Crippen LogP contribution in [0.1, 0.15) is 38.7 Å². The van der Waals surface area contributed by atoms with E-state index in [4.69, 9.17) is 4.74 Å². The molecule has 2 aromatic heterocycles. The molecule has 1 atom stereocenters. The molecule has 3 rings (SSSR count). The van der Waals surface area contributed by atoms with E-state index in [2.05, 4.69) is 45.8 Å². The zero-order chi connectivity index (χ0) is 17.2. The molecular formula is C18H25N5O. The Labute approximate surface area is 143 Å². The minimum Gasteiger partial charge on any atom is -0.476 e. The van der Waals surface area contributed by atoms with E-state index in [0.29, 0.717) is 18.4 Å². The Kier molecular flexibility index (Phi) is 4.64. The fourth-order valence-corrected chi connectivity index (χ4v) is 2.80. The Morgan fingerprint density at radius 3 is 2.71 bits per heavy atom. The summed E-state index contributed by atoms with van der Waals surface area (Å²) in [7, 11) is 0. The summed E-state index contributed by atoms with van der Waals surface area (Å²) in [5.41, 5.74) is 0.980. The number of nitrogens with zero attached hydrogens (tertiary/aromatic N) is 5. The molecular weight excluding hydrogens is 302 g/mol. The summed E-state index contributed by atoms with van der Waals surface area (Å²) in [4.78, 5) is 10.9. The second-order valence-corrected chi connectivity index (χ2v) is 7.38. The quantitative estimate of drug-likeness (QED) is 0.860. The normalized spacial score (nSPS) is 18.0. The summed E-state index contributed by atoms with van der Waals surface area (Å²) in [6, 6.07) is 5.87. The summed E-state index contributed by atoms with van der Waals surface area (Å²) >= 11 is 0. The zero-order valence-corrected chi connectivity index (χ0v) is 14.9. The highest BCUT2D eigenvalue weighted by Crippen LogP contribution is 2.23. The van der Waals surface area contributed by atoms with Crippen molar-refractivity contribution >= 4 is 5.82 Å². The van der Waals surface area contributed by atoms with Gasteiger partial charge in [-0.25, -0.2) is 9.97 Å². The molecule has 1 aliphatic heterocycles. The van der Waals surface area contributed by atoms with Crippen molar-refractivity contribution in [3.8, 4) is 5.88 Å². The standard InChI is InChI=1S/C18H25N5O/c1-13-19-9-7-16(20-13)23-10-8-14(11-23)12-24-17-6-5-15(21-22-17)18(2,3)4/h5-7,9,14H,8,10-12H2,1-4H3. The minimum absolute atomic E-state index is 0.00710.